The molecule has 0 bridgehead atoms. The van der Waals surface area contributed by atoms with E-state index >= 15 is 0 Å². The summed E-state index contributed by atoms with van der Waals surface area (Å²) < 4.78 is 2.10. The summed E-state index contributed by atoms with van der Waals surface area (Å²) in [7, 11) is 2.04. The molecule has 3 rings (SSSR count). The highest BCUT2D eigenvalue weighted by molar-refractivity contribution is 5.24. The van der Waals surface area contributed by atoms with Crippen molar-refractivity contribution < 1.29 is 0 Å². The largest absolute Gasteiger partial charge is 0.353 e. The number of nitrogens with one attached hydrogen (secondary N) is 2. The molecule has 3 heterocycles. The second-order valence-corrected chi connectivity index (χ2v) is 4.48. The summed E-state index contributed by atoms with van der Waals surface area (Å²) >= 11 is 0. The molecule has 2 aromatic heterocycles. The molecule has 94 valence electrons. The number of hydrogen-bond donors (Lipinski definition) is 2. The normalized spacial score (nSPS) is 18.4. The van der Waals surface area contributed by atoms with E-state index in [-0.39, 0.29) is 0 Å². The number of aromatic nitrogens is 4. The molecule has 18 heavy (non-hydrogen) atoms. The van der Waals surface area contributed by atoms with E-state index in [0.29, 0.717) is 12.0 Å². The van der Waals surface area contributed by atoms with Crippen molar-refractivity contribution in [2.45, 2.75) is 19.0 Å². The van der Waals surface area contributed by atoms with Crippen molar-refractivity contribution in [1.29, 1.82) is 0 Å². The Labute approximate surface area is 105 Å². The minimum atomic E-state index is 0.386. The summed E-state index contributed by atoms with van der Waals surface area (Å²) in [4.78, 5) is 12.7. The fourth-order valence-electron chi connectivity index (χ4n) is 2.21. The van der Waals surface area contributed by atoms with Crippen molar-refractivity contribution in [1.82, 2.24) is 24.8 Å². The molecule has 2 N–H and O–H groups in total. The highest BCUT2D eigenvalue weighted by atomic mass is 15.1. The lowest BCUT2D eigenvalue weighted by Crippen LogP contribution is -2.41. The second-order valence-electron chi connectivity index (χ2n) is 4.48. The van der Waals surface area contributed by atoms with E-state index in [1.807, 2.05) is 19.4 Å². The molecule has 1 aliphatic heterocycles. The highest BCUT2D eigenvalue weighted by Crippen LogP contribution is 2.14. The van der Waals surface area contributed by atoms with Crippen LogP contribution in [0, 0.1) is 0 Å². The zero-order valence-electron chi connectivity index (χ0n) is 10.3. The number of nitrogens with zero attached hydrogens (tertiary/aromatic N) is 4. The topological polar surface area (TPSA) is 67.7 Å². The van der Waals surface area contributed by atoms with Crippen molar-refractivity contribution in [3.63, 3.8) is 0 Å². The number of rotatable bonds is 3. The Morgan fingerprint density at radius 1 is 1.39 bits per heavy atom. The summed E-state index contributed by atoms with van der Waals surface area (Å²) in [6, 6.07) is 2.20. The van der Waals surface area contributed by atoms with Gasteiger partial charge >= 0.3 is 0 Å². The Kier molecular flexibility index (Phi) is 2.93. The monoisotopic (exact) mass is 244 g/mol. The smallest absolute Gasteiger partial charge is 0.222 e. The number of imidazole rings is 1. The number of hydrogen-bond acceptors (Lipinski definition) is 5. The predicted octanol–water partition coefficient (Wildman–Crippen LogP) is 0.336. The molecular formula is C12H16N6. The number of aryl methyl sites for hydroxylation is 1. The van der Waals surface area contributed by atoms with Crippen LogP contribution in [0.2, 0.25) is 0 Å². The van der Waals surface area contributed by atoms with Crippen molar-refractivity contribution in [3.05, 3.63) is 36.2 Å². The van der Waals surface area contributed by atoms with E-state index in [9.17, 15) is 0 Å². The van der Waals surface area contributed by atoms with Crippen molar-refractivity contribution in [3.8, 4) is 0 Å². The van der Waals surface area contributed by atoms with Crippen LogP contribution in [0.1, 0.15) is 11.4 Å². The van der Waals surface area contributed by atoms with E-state index in [1.54, 1.807) is 12.4 Å². The van der Waals surface area contributed by atoms with E-state index in [1.165, 1.54) is 5.69 Å². The van der Waals surface area contributed by atoms with Crippen LogP contribution in [0.3, 0.4) is 0 Å². The Morgan fingerprint density at radius 3 is 3.06 bits per heavy atom. The van der Waals surface area contributed by atoms with Crippen LogP contribution in [-0.2, 0) is 20.0 Å². The van der Waals surface area contributed by atoms with Crippen molar-refractivity contribution in [2.24, 2.45) is 7.05 Å². The zero-order valence-corrected chi connectivity index (χ0v) is 10.3. The van der Waals surface area contributed by atoms with E-state index in [2.05, 4.69) is 30.2 Å². The Bertz CT molecular complexity index is 521. The van der Waals surface area contributed by atoms with Gasteiger partial charge in [-0.2, -0.15) is 0 Å². The van der Waals surface area contributed by atoms with Gasteiger partial charge in [0.1, 0.15) is 0 Å². The van der Waals surface area contributed by atoms with Gasteiger partial charge < -0.3 is 15.2 Å². The maximum atomic E-state index is 4.36. The third-order valence-corrected chi connectivity index (χ3v) is 3.22. The van der Waals surface area contributed by atoms with Gasteiger partial charge in [-0.1, -0.05) is 0 Å². The second kappa shape index (κ2) is 4.73. The SMILES string of the molecule is Cn1cnc2c1C[C@@H](CNc1ncccn1)NC2. The summed E-state index contributed by atoms with van der Waals surface area (Å²) in [6.45, 7) is 1.65. The van der Waals surface area contributed by atoms with Gasteiger partial charge in [-0.15, -0.1) is 0 Å². The maximum absolute atomic E-state index is 4.36. The Balaban J connectivity index is 1.61. The molecule has 1 atom stereocenters. The molecule has 0 spiro atoms. The Hall–Kier alpha value is -1.95. The lowest BCUT2D eigenvalue weighted by Gasteiger charge is -2.24. The molecule has 0 fully saturated rings. The molecule has 1 aliphatic rings. The molecule has 0 aliphatic carbocycles. The van der Waals surface area contributed by atoms with Crippen LogP contribution < -0.4 is 10.6 Å². The van der Waals surface area contributed by atoms with Crippen molar-refractivity contribution in [2.75, 3.05) is 11.9 Å². The molecule has 2 aromatic rings. The number of fused-ring (bicyclic) bond motifs is 1. The summed E-state index contributed by atoms with van der Waals surface area (Å²) in [5.41, 5.74) is 2.47. The van der Waals surface area contributed by atoms with E-state index < -0.39 is 0 Å². The quantitative estimate of drug-likeness (QED) is 0.814. The van der Waals surface area contributed by atoms with Crippen LogP contribution in [-0.4, -0.2) is 32.1 Å². The zero-order chi connectivity index (χ0) is 12.4. The molecule has 0 radical (unpaired) electrons. The minimum absolute atomic E-state index is 0.386. The summed E-state index contributed by atoms with van der Waals surface area (Å²) in [6.07, 6.45) is 6.33. The molecule has 0 saturated heterocycles. The van der Waals surface area contributed by atoms with Gasteiger partial charge in [-0.25, -0.2) is 15.0 Å². The van der Waals surface area contributed by atoms with Gasteiger partial charge in [0.25, 0.3) is 0 Å². The molecule has 0 saturated carbocycles. The minimum Gasteiger partial charge on any atom is -0.353 e. The molecule has 0 unspecified atom stereocenters. The van der Waals surface area contributed by atoms with E-state index in [4.69, 9.17) is 0 Å². The van der Waals surface area contributed by atoms with Gasteiger partial charge in [0, 0.05) is 50.7 Å². The van der Waals surface area contributed by atoms with Crippen LogP contribution in [0.15, 0.2) is 24.8 Å². The summed E-state index contributed by atoms with van der Waals surface area (Å²) in [5, 5.41) is 6.71. The first-order chi connectivity index (χ1) is 8.83. The molecule has 6 heteroatoms. The van der Waals surface area contributed by atoms with Crippen LogP contribution >= 0.6 is 0 Å². The lowest BCUT2D eigenvalue weighted by molar-refractivity contribution is 0.479. The van der Waals surface area contributed by atoms with Crippen LogP contribution in [0.4, 0.5) is 5.95 Å². The fraction of sp³-hybridized carbons (Fsp3) is 0.417. The third kappa shape index (κ3) is 2.19. The van der Waals surface area contributed by atoms with Gasteiger partial charge in [0.2, 0.25) is 5.95 Å². The first kappa shape index (κ1) is 11.2. The lowest BCUT2D eigenvalue weighted by atomic mass is 10.1. The van der Waals surface area contributed by atoms with E-state index in [0.717, 1.165) is 25.2 Å². The van der Waals surface area contributed by atoms with Gasteiger partial charge in [-0.3, -0.25) is 0 Å². The highest BCUT2D eigenvalue weighted by Gasteiger charge is 2.21. The molecule has 0 aromatic carbocycles. The fourth-order valence-corrected chi connectivity index (χ4v) is 2.21. The first-order valence-electron chi connectivity index (χ1n) is 6.06. The third-order valence-electron chi connectivity index (χ3n) is 3.22. The standard InChI is InChI=1S/C12H16N6/c1-18-8-17-10-7-15-9(5-11(10)18)6-16-12-13-3-2-4-14-12/h2-4,8-9,15H,5-7H2,1H3,(H,13,14,16)/t9-/m0/s1. The molecular weight excluding hydrogens is 228 g/mol. The predicted molar refractivity (Wildman–Crippen MR) is 68.1 cm³/mol. The maximum Gasteiger partial charge on any atom is 0.222 e. The van der Waals surface area contributed by atoms with Crippen LogP contribution in [0.5, 0.6) is 0 Å². The average molecular weight is 244 g/mol. The van der Waals surface area contributed by atoms with Crippen molar-refractivity contribution >= 4 is 5.95 Å². The first-order valence-corrected chi connectivity index (χ1v) is 6.06. The van der Waals surface area contributed by atoms with Gasteiger partial charge in [0.05, 0.1) is 12.0 Å². The van der Waals surface area contributed by atoms with Gasteiger partial charge in [0.15, 0.2) is 0 Å². The Morgan fingerprint density at radius 2 is 2.22 bits per heavy atom. The summed E-state index contributed by atoms with van der Waals surface area (Å²) in [5.74, 6) is 0.676. The average Bonchev–Trinajstić information content (AvgIpc) is 2.79. The number of anilines is 1. The molecule has 0 amide bonds. The molecule has 6 nitrogen and oxygen atoms in total. The van der Waals surface area contributed by atoms with Crippen LogP contribution in [0.25, 0.3) is 0 Å². The van der Waals surface area contributed by atoms with Gasteiger partial charge in [-0.05, 0) is 6.07 Å².